The van der Waals surface area contributed by atoms with Crippen molar-refractivity contribution in [3.63, 3.8) is 0 Å². The maximum Gasteiger partial charge on any atom is 0.224 e. The zero-order chi connectivity index (χ0) is 13.5. The van der Waals surface area contributed by atoms with Crippen molar-refractivity contribution in [1.29, 1.82) is 0 Å². The van der Waals surface area contributed by atoms with E-state index >= 15 is 0 Å². The standard InChI is InChI=1S/C18H15NO/c20-17-11-13-6-2-3-7-14(13)16-10-9-12-5-1-4-8-15(12)18(16)19-17/h1-10,16,18H,11H2,(H,19,20)/t16-,18-/m1/s1. The van der Waals surface area contributed by atoms with Crippen LogP contribution in [-0.4, -0.2) is 5.91 Å². The van der Waals surface area contributed by atoms with Crippen molar-refractivity contribution in [2.45, 2.75) is 18.4 Å². The Bertz CT molecular complexity index is 717. The monoisotopic (exact) mass is 261 g/mol. The smallest absolute Gasteiger partial charge is 0.224 e. The maximum absolute atomic E-state index is 12.2. The minimum atomic E-state index is 0.0485. The van der Waals surface area contributed by atoms with Gasteiger partial charge in [0.2, 0.25) is 5.91 Å². The molecule has 4 rings (SSSR count). The molecule has 2 aliphatic rings. The van der Waals surface area contributed by atoms with Gasteiger partial charge in [-0.1, -0.05) is 60.7 Å². The second-order valence-corrected chi connectivity index (χ2v) is 5.43. The van der Waals surface area contributed by atoms with Crippen LogP contribution in [0, 0.1) is 0 Å². The largest absolute Gasteiger partial charge is 0.348 e. The summed E-state index contributed by atoms with van der Waals surface area (Å²) in [6.45, 7) is 0. The summed E-state index contributed by atoms with van der Waals surface area (Å²) in [6.07, 6.45) is 4.86. The molecule has 98 valence electrons. The molecule has 0 spiro atoms. The molecule has 0 unspecified atom stereocenters. The molecule has 2 aromatic rings. The van der Waals surface area contributed by atoms with E-state index in [0.717, 1.165) is 5.56 Å². The Hall–Kier alpha value is -2.35. The van der Waals surface area contributed by atoms with Crippen LogP contribution in [0.15, 0.2) is 54.6 Å². The third-order valence-electron chi connectivity index (χ3n) is 4.26. The number of benzene rings is 2. The first kappa shape index (κ1) is 11.5. The van der Waals surface area contributed by atoms with E-state index in [2.05, 4.69) is 47.8 Å². The van der Waals surface area contributed by atoms with Gasteiger partial charge in [0.15, 0.2) is 0 Å². The first-order chi connectivity index (χ1) is 9.83. The molecule has 0 aromatic heterocycles. The molecule has 0 saturated heterocycles. The normalized spacial score (nSPS) is 23.1. The van der Waals surface area contributed by atoms with Gasteiger partial charge in [-0.05, 0) is 22.3 Å². The minimum Gasteiger partial charge on any atom is -0.348 e. The molecule has 0 fully saturated rings. The van der Waals surface area contributed by atoms with Crippen molar-refractivity contribution in [3.05, 3.63) is 76.9 Å². The summed E-state index contributed by atoms with van der Waals surface area (Å²) in [4.78, 5) is 12.2. The third kappa shape index (κ3) is 1.68. The highest BCUT2D eigenvalue weighted by atomic mass is 16.1. The molecule has 1 heterocycles. The lowest BCUT2D eigenvalue weighted by Gasteiger charge is -2.29. The van der Waals surface area contributed by atoms with Crippen LogP contribution in [0.25, 0.3) is 6.08 Å². The highest BCUT2D eigenvalue weighted by Crippen LogP contribution is 2.41. The van der Waals surface area contributed by atoms with Crippen LogP contribution in [0.4, 0.5) is 0 Å². The summed E-state index contributed by atoms with van der Waals surface area (Å²) in [6, 6.07) is 16.6. The average molecular weight is 261 g/mol. The van der Waals surface area contributed by atoms with E-state index in [0.29, 0.717) is 6.42 Å². The molecule has 20 heavy (non-hydrogen) atoms. The molecule has 1 N–H and O–H groups in total. The molecule has 1 aliphatic heterocycles. The Balaban J connectivity index is 1.91. The summed E-state index contributed by atoms with van der Waals surface area (Å²) >= 11 is 0. The van der Waals surface area contributed by atoms with Gasteiger partial charge in [0.05, 0.1) is 12.5 Å². The zero-order valence-corrected chi connectivity index (χ0v) is 11.0. The molecule has 0 radical (unpaired) electrons. The number of carbonyl (C=O) groups is 1. The quantitative estimate of drug-likeness (QED) is 0.775. The van der Waals surface area contributed by atoms with Crippen LogP contribution in [0.2, 0.25) is 0 Å². The second-order valence-electron chi connectivity index (χ2n) is 5.43. The first-order valence-electron chi connectivity index (χ1n) is 6.97. The number of rotatable bonds is 0. The number of carbonyl (C=O) groups excluding carboxylic acids is 1. The van der Waals surface area contributed by atoms with E-state index in [9.17, 15) is 4.79 Å². The molecule has 2 heteroatoms. The van der Waals surface area contributed by atoms with Gasteiger partial charge in [-0.2, -0.15) is 0 Å². The zero-order valence-electron chi connectivity index (χ0n) is 11.0. The van der Waals surface area contributed by atoms with Crippen LogP contribution in [-0.2, 0) is 11.2 Å². The molecule has 0 bridgehead atoms. The number of amides is 1. The van der Waals surface area contributed by atoms with Crippen LogP contribution in [0.1, 0.15) is 34.2 Å². The Morgan fingerprint density at radius 3 is 2.60 bits per heavy atom. The molecule has 2 aromatic carbocycles. The summed E-state index contributed by atoms with van der Waals surface area (Å²) in [7, 11) is 0. The van der Waals surface area contributed by atoms with Gasteiger partial charge in [-0.3, -0.25) is 4.79 Å². The first-order valence-corrected chi connectivity index (χ1v) is 6.97. The average Bonchev–Trinajstić information content (AvgIpc) is 2.62. The van der Waals surface area contributed by atoms with E-state index in [1.165, 1.54) is 16.7 Å². The van der Waals surface area contributed by atoms with Crippen molar-refractivity contribution in [2.24, 2.45) is 0 Å². The van der Waals surface area contributed by atoms with E-state index in [4.69, 9.17) is 0 Å². The van der Waals surface area contributed by atoms with Crippen molar-refractivity contribution >= 4 is 12.0 Å². The Labute approximate surface area is 118 Å². The van der Waals surface area contributed by atoms with Crippen molar-refractivity contribution < 1.29 is 4.79 Å². The topological polar surface area (TPSA) is 29.1 Å². The number of nitrogens with one attached hydrogen (secondary N) is 1. The minimum absolute atomic E-state index is 0.0485. The number of hydrogen-bond donors (Lipinski definition) is 1. The van der Waals surface area contributed by atoms with Gasteiger partial charge in [-0.25, -0.2) is 0 Å². The molecule has 2 nitrogen and oxygen atoms in total. The van der Waals surface area contributed by atoms with Gasteiger partial charge < -0.3 is 5.32 Å². The van der Waals surface area contributed by atoms with Gasteiger partial charge in [-0.15, -0.1) is 0 Å². The Morgan fingerprint density at radius 2 is 1.70 bits per heavy atom. The summed E-state index contributed by atoms with van der Waals surface area (Å²) in [5, 5.41) is 3.19. The van der Waals surface area contributed by atoms with E-state index in [1.807, 2.05) is 18.2 Å². The van der Waals surface area contributed by atoms with Gasteiger partial charge in [0, 0.05) is 5.92 Å². The molecule has 1 aliphatic carbocycles. The Kier molecular flexibility index (Phi) is 2.49. The highest BCUT2D eigenvalue weighted by Gasteiger charge is 2.32. The fourth-order valence-electron chi connectivity index (χ4n) is 3.33. The van der Waals surface area contributed by atoms with Crippen molar-refractivity contribution in [1.82, 2.24) is 5.32 Å². The highest BCUT2D eigenvalue weighted by molar-refractivity contribution is 5.81. The predicted molar refractivity (Wildman–Crippen MR) is 79.2 cm³/mol. The lowest BCUT2D eigenvalue weighted by molar-refractivity contribution is -0.121. The van der Waals surface area contributed by atoms with Crippen molar-refractivity contribution in [3.8, 4) is 0 Å². The summed E-state index contributed by atoms with van der Waals surface area (Å²) < 4.78 is 0. The van der Waals surface area contributed by atoms with Crippen LogP contribution in [0.5, 0.6) is 0 Å². The van der Waals surface area contributed by atoms with Gasteiger partial charge >= 0.3 is 0 Å². The van der Waals surface area contributed by atoms with Crippen LogP contribution >= 0.6 is 0 Å². The molecule has 2 atom stereocenters. The van der Waals surface area contributed by atoms with E-state index in [1.54, 1.807) is 0 Å². The van der Waals surface area contributed by atoms with Gasteiger partial charge in [0.25, 0.3) is 0 Å². The maximum atomic E-state index is 12.2. The Morgan fingerprint density at radius 1 is 0.950 bits per heavy atom. The van der Waals surface area contributed by atoms with E-state index in [-0.39, 0.29) is 17.9 Å². The SMILES string of the molecule is O=C1Cc2ccccc2[C@H]2C=Cc3ccccc3[C@H]2N1. The summed E-state index contributed by atoms with van der Waals surface area (Å²) in [5.41, 5.74) is 4.82. The molecule has 1 amide bonds. The lowest BCUT2D eigenvalue weighted by atomic mass is 9.80. The fraction of sp³-hybridized carbons (Fsp3) is 0.167. The van der Waals surface area contributed by atoms with Crippen LogP contribution in [0.3, 0.4) is 0 Å². The number of hydrogen-bond acceptors (Lipinski definition) is 1. The summed E-state index contributed by atoms with van der Waals surface area (Å²) in [5.74, 6) is 0.336. The lowest BCUT2D eigenvalue weighted by Crippen LogP contribution is -2.31. The van der Waals surface area contributed by atoms with E-state index < -0.39 is 0 Å². The predicted octanol–water partition coefficient (Wildman–Crippen LogP) is 3.21. The van der Waals surface area contributed by atoms with Crippen molar-refractivity contribution in [2.75, 3.05) is 0 Å². The van der Waals surface area contributed by atoms with Gasteiger partial charge in [0.1, 0.15) is 0 Å². The fourth-order valence-corrected chi connectivity index (χ4v) is 3.33. The molecular formula is C18H15NO. The third-order valence-corrected chi connectivity index (χ3v) is 4.26. The molecular weight excluding hydrogens is 246 g/mol. The molecule has 0 saturated carbocycles. The van der Waals surface area contributed by atoms with Crippen LogP contribution < -0.4 is 5.32 Å². The number of fused-ring (bicyclic) bond motifs is 5. The second kappa shape index (κ2) is 4.34.